The van der Waals surface area contributed by atoms with E-state index in [0.717, 1.165) is 5.56 Å². The fourth-order valence-corrected chi connectivity index (χ4v) is 3.63. The lowest BCUT2D eigenvalue weighted by molar-refractivity contribution is -0.118. The molecular weight excluding hydrogens is 404 g/mol. The van der Waals surface area contributed by atoms with Crippen LogP contribution in [0, 0.1) is 6.92 Å². The van der Waals surface area contributed by atoms with Crippen LogP contribution in [0.4, 0.5) is 11.4 Å². The van der Waals surface area contributed by atoms with Gasteiger partial charge in [0.1, 0.15) is 11.5 Å². The molecule has 0 fully saturated rings. The molecule has 0 unspecified atom stereocenters. The van der Waals surface area contributed by atoms with Gasteiger partial charge < -0.3 is 14.8 Å². The van der Waals surface area contributed by atoms with Gasteiger partial charge in [-0.3, -0.25) is 9.52 Å². The van der Waals surface area contributed by atoms with Crippen molar-refractivity contribution in [1.82, 2.24) is 0 Å². The molecule has 0 aliphatic rings. The Hall–Kier alpha value is -3.52. The summed E-state index contributed by atoms with van der Waals surface area (Å²) in [5.41, 5.74) is 1.98. The van der Waals surface area contributed by atoms with Gasteiger partial charge in [0.05, 0.1) is 12.0 Å². The zero-order valence-corrected chi connectivity index (χ0v) is 17.4. The highest BCUT2D eigenvalue weighted by atomic mass is 32.2. The van der Waals surface area contributed by atoms with Crippen LogP contribution >= 0.6 is 0 Å². The predicted molar refractivity (Wildman–Crippen MR) is 116 cm³/mol. The van der Waals surface area contributed by atoms with Crippen LogP contribution in [0.2, 0.25) is 0 Å². The van der Waals surface area contributed by atoms with E-state index in [9.17, 15) is 13.2 Å². The fourth-order valence-electron chi connectivity index (χ4n) is 2.57. The van der Waals surface area contributed by atoms with Gasteiger partial charge in [-0.25, -0.2) is 8.42 Å². The molecule has 30 heavy (non-hydrogen) atoms. The van der Waals surface area contributed by atoms with Gasteiger partial charge in [0.15, 0.2) is 6.61 Å². The van der Waals surface area contributed by atoms with Crippen LogP contribution in [-0.2, 0) is 14.8 Å². The predicted octanol–water partition coefficient (Wildman–Crippen LogP) is 3.82. The summed E-state index contributed by atoms with van der Waals surface area (Å²) in [7, 11) is -2.15. The summed E-state index contributed by atoms with van der Waals surface area (Å²) >= 11 is 0. The second-order valence-corrected chi connectivity index (χ2v) is 8.19. The van der Waals surface area contributed by atoms with Crippen LogP contribution in [0.3, 0.4) is 0 Å². The number of sulfonamides is 1. The van der Waals surface area contributed by atoms with E-state index in [1.165, 1.54) is 24.3 Å². The maximum atomic E-state index is 12.5. The Bertz CT molecular complexity index is 1090. The highest BCUT2D eigenvalue weighted by molar-refractivity contribution is 7.92. The number of rotatable bonds is 8. The van der Waals surface area contributed by atoms with Crippen molar-refractivity contribution >= 4 is 27.3 Å². The molecule has 156 valence electrons. The highest BCUT2D eigenvalue weighted by Gasteiger charge is 2.14. The zero-order chi connectivity index (χ0) is 21.6. The van der Waals surface area contributed by atoms with E-state index in [1.807, 2.05) is 19.1 Å². The molecule has 0 spiro atoms. The Morgan fingerprint density at radius 1 is 0.833 bits per heavy atom. The number of amides is 1. The van der Waals surface area contributed by atoms with Gasteiger partial charge in [0, 0.05) is 11.4 Å². The van der Waals surface area contributed by atoms with Crippen LogP contribution in [0.5, 0.6) is 11.5 Å². The molecule has 0 radical (unpaired) electrons. The molecule has 0 atom stereocenters. The van der Waals surface area contributed by atoms with Crippen LogP contribution < -0.4 is 19.5 Å². The number of anilines is 2. The molecule has 1 amide bonds. The van der Waals surface area contributed by atoms with E-state index in [4.69, 9.17) is 9.47 Å². The number of nitrogens with one attached hydrogen (secondary N) is 2. The van der Waals surface area contributed by atoms with Crippen LogP contribution in [0.15, 0.2) is 77.7 Å². The van der Waals surface area contributed by atoms with Gasteiger partial charge in [-0.05, 0) is 67.6 Å². The molecular formula is C22H22N2O5S. The summed E-state index contributed by atoms with van der Waals surface area (Å²) in [6, 6.07) is 19.8. The molecule has 7 nitrogen and oxygen atoms in total. The zero-order valence-electron chi connectivity index (χ0n) is 16.6. The van der Waals surface area contributed by atoms with E-state index in [0.29, 0.717) is 22.9 Å². The first-order valence-electron chi connectivity index (χ1n) is 9.12. The van der Waals surface area contributed by atoms with Crippen molar-refractivity contribution in [2.75, 3.05) is 23.8 Å². The first-order valence-corrected chi connectivity index (χ1v) is 10.6. The Morgan fingerprint density at radius 2 is 1.40 bits per heavy atom. The molecule has 3 aromatic rings. The molecule has 0 aliphatic heterocycles. The number of aryl methyl sites for hydroxylation is 1. The van der Waals surface area contributed by atoms with E-state index in [1.54, 1.807) is 43.5 Å². The van der Waals surface area contributed by atoms with Crippen LogP contribution in [0.1, 0.15) is 5.56 Å². The summed E-state index contributed by atoms with van der Waals surface area (Å²) in [6.45, 7) is 1.74. The van der Waals surface area contributed by atoms with Crippen molar-refractivity contribution in [3.05, 3.63) is 78.4 Å². The van der Waals surface area contributed by atoms with E-state index in [2.05, 4.69) is 10.0 Å². The Labute approximate surface area is 175 Å². The summed E-state index contributed by atoms with van der Waals surface area (Å²) in [6.07, 6.45) is 0. The number of hydrogen-bond donors (Lipinski definition) is 2. The molecule has 0 saturated carbocycles. The first-order chi connectivity index (χ1) is 14.4. The third kappa shape index (κ3) is 5.74. The standard InChI is InChI=1S/C22H22N2O5S/c1-16-3-5-18(6-4-16)24-30(26,27)21-13-7-17(8-14-21)23-22(25)15-29-20-11-9-19(28-2)10-12-20/h3-14,24H,15H2,1-2H3,(H,23,25). The Balaban J connectivity index is 1.56. The lowest BCUT2D eigenvalue weighted by atomic mass is 10.2. The monoisotopic (exact) mass is 426 g/mol. The van der Waals surface area contributed by atoms with Gasteiger partial charge in [0.25, 0.3) is 15.9 Å². The SMILES string of the molecule is COc1ccc(OCC(=O)Nc2ccc(S(=O)(=O)Nc3ccc(C)cc3)cc2)cc1. The second kappa shape index (κ2) is 9.32. The normalized spacial score (nSPS) is 10.9. The topological polar surface area (TPSA) is 93.7 Å². The summed E-state index contributed by atoms with van der Waals surface area (Å²) in [4.78, 5) is 12.2. The van der Waals surface area contributed by atoms with Gasteiger partial charge in [-0.2, -0.15) is 0 Å². The van der Waals surface area contributed by atoms with Gasteiger partial charge in [-0.15, -0.1) is 0 Å². The number of carbonyl (C=O) groups is 1. The van der Waals surface area contributed by atoms with Gasteiger partial charge >= 0.3 is 0 Å². The number of methoxy groups -OCH3 is 1. The van der Waals surface area contributed by atoms with Crippen molar-refractivity contribution in [3.8, 4) is 11.5 Å². The van der Waals surface area contributed by atoms with Crippen molar-refractivity contribution in [2.24, 2.45) is 0 Å². The van der Waals surface area contributed by atoms with E-state index in [-0.39, 0.29) is 17.4 Å². The van der Waals surface area contributed by atoms with Gasteiger partial charge in [0.2, 0.25) is 0 Å². The molecule has 0 bridgehead atoms. The maximum Gasteiger partial charge on any atom is 0.262 e. The van der Waals surface area contributed by atoms with E-state index < -0.39 is 10.0 Å². The minimum Gasteiger partial charge on any atom is -0.497 e. The lowest BCUT2D eigenvalue weighted by Gasteiger charge is -2.10. The summed E-state index contributed by atoms with van der Waals surface area (Å²) in [5, 5.41) is 2.67. The Morgan fingerprint density at radius 3 is 2.00 bits per heavy atom. The van der Waals surface area contributed by atoms with Crippen molar-refractivity contribution in [3.63, 3.8) is 0 Å². The number of hydrogen-bond acceptors (Lipinski definition) is 5. The average molecular weight is 426 g/mol. The number of benzene rings is 3. The molecule has 3 rings (SSSR count). The average Bonchev–Trinajstić information content (AvgIpc) is 2.74. The van der Waals surface area contributed by atoms with E-state index >= 15 is 0 Å². The highest BCUT2D eigenvalue weighted by Crippen LogP contribution is 2.19. The number of carbonyl (C=O) groups excluding carboxylic acids is 1. The molecule has 3 aromatic carbocycles. The van der Waals surface area contributed by atoms with Crippen molar-refractivity contribution in [2.45, 2.75) is 11.8 Å². The largest absolute Gasteiger partial charge is 0.497 e. The van der Waals surface area contributed by atoms with Crippen LogP contribution in [-0.4, -0.2) is 28.0 Å². The van der Waals surface area contributed by atoms with Crippen molar-refractivity contribution in [1.29, 1.82) is 0 Å². The molecule has 2 N–H and O–H groups in total. The fraction of sp³-hybridized carbons (Fsp3) is 0.136. The number of ether oxygens (including phenoxy) is 2. The minimum absolute atomic E-state index is 0.0931. The molecule has 8 heteroatoms. The minimum atomic E-state index is -3.72. The molecule has 0 saturated heterocycles. The lowest BCUT2D eigenvalue weighted by Crippen LogP contribution is -2.20. The summed E-state index contributed by atoms with van der Waals surface area (Å²) in [5.74, 6) is 0.868. The molecule has 0 aliphatic carbocycles. The Kier molecular flexibility index (Phi) is 6.58. The third-order valence-electron chi connectivity index (χ3n) is 4.18. The van der Waals surface area contributed by atoms with Crippen molar-refractivity contribution < 1.29 is 22.7 Å². The van der Waals surface area contributed by atoms with Crippen LogP contribution in [0.25, 0.3) is 0 Å². The quantitative estimate of drug-likeness (QED) is 0.571. The summed E-state index contributed by atoms with van der Waals surface area (Å²) < 4.78 is 38.0. The smallest absolute Gasteiger partial charge is 0.262 e. The van der Waals surface area contributed by atoms with Gasteiger partial charge in [-0.1, -0.05) is 17.7 Å². The maximum absolute atomic E-state index is 12.5. The first kappa shape index (κ1) is 21.2. The molecule has 0 aromatic heterocycles. The molecule has 0 heterocycles. The second-order valence-electron chi connectivity index (χ2n) is 6.51. The third-order valence-corrected chi connectivity index (χ3v) is 5.58.